The third-order valence-electron chi connectivity index (χ3n) is 4.01. The zero-order valence-corrected chi connectivity index (χ0v) is 13.8. The highest BCUT2D eigenvalue weighted by molar-refractivity contribution is 5.94. The molecule has 4 N–H and O–H groups in total. The average Bonchev–Trinajstić information content (AvgIpc) is 3.02. The van der Waals surface area contributed by atoms with Crippen LogP contribution in [0.25, 0.3) is 17.0 Å². The van der Waals surface area contributed by atoms with Gasteiger partial charge >= 0.3 is 5.97 Å². The van der Waals surface area contributed by atoms with E-state index in [1.165, 1.54) is 24.3 Å². The van der Waals surface area contributed by atoms with Gasteiger partial charge in [0.2, 0.25) is 5.91 Å². The Balaban J connectivity index is 1.70. The van der Waals surface area contributed by atoms with Crippen molar-refractivity contribution >= 4 is 28.9 Å². The summed E-state index contributed by atoms with van der Waals surface area (Å²) in [7, 11) is 0. The van der Waals surface area contributed by atoms with Crippen LogP contribution in [0.1, 0.15) is 11.1 Å². The summed E-state index contributed by atoms with van der Waals surface area (Å²) in [6, 6.07) is 13.0. The maximum Gasteiger partial charge on any atom is 0.326 e. The van der Waals surface area contributed by atoms with E-state index in [-0.39, 0.29) is 12.2 Å². The smallest absolute Gasteiger partial charge is 0.326 e. The van der Waals surface area contributed by atoms with E-state index in [1.807, 2.05) is 24.3 Å². The van der Waals surface area contributed by atoms with E-state index in [0.29, 0.717) is 5.56 Å². The molecular formula is C20H18N2O4. The predicted molar refractivity (Wildman–Crippen MR) is 98.7 cm³/mol. The van der Waals surface area contributed by atoms with E-state index in [4.69, 9.17) is 0 Å². The molecule has 0 saturated carbocycles. The number of nitrogens with one attached hydrogen (secondary N) is 2. The van der Waals surface area contributed by atoms with E-state index in [1.54, 1.807) is 18.3 Å². The molecule has 0 saturated heterocycles. The molecule has 0 bridgehead atoms. The fourth-order valence-electron chi connectivity index (χ4n) is 2.74. The number of amides is 1. The first-order chi connectivity index (χ1) is 12.5. The molecule has 0 fully saturated rings. The van der Waals surface area contributed by atoms with Gasteiger partial charge in [-0.3, -0.25) is 4.79 Å². The Morgan fingerprint density at radius 1 is 1.15 bits per heavy atom. The molecule has 0 spiro atoms. The maximum atomic E-state index is 12.1. The molecule has 6 nitrogen and oxygen atoms in total. The lowest BCUT2D eigenvalue weighted by molar-refractivity contribution is -0.141. The Morgan fingerprint density at radius 3 is 2.73 bits per heavy atom. The first-order valence-electron chi connectivity index (χ1n) is 8.08. The highest BCUT2D eigenvalue weighted by Crippen LogP contribution is 2.19. The SMILES string of the molecule is O=C(/C=C/c1cccc(O)c1)N[C@@H](Cc1c[nH]c2ccccc12)C(=O)O. The standard InChI is InChI=1S/C20H18N2O4/c23-15-5-3-4-13(10-15)8-9-19(24)22-18(20(25)26)11-14-12-21-17-7-2-1-6-16(14)17/h1-10,12,18,21,23H,11H2,(H,22,24)(H,25,26)/b9-8+/t18-/m0/s1. The van der Waals surface area contributed by atoms with Gasteiger partial charge in [-0.05, 0) is 35.4 Å². The average molecular weight is 350 g/mol. The van der Waals surface area contributed by atoms with Crippen molar-refractivity contribution in [1.29, 1.82) is 0 Å². The molecule has 1 heterocycles. The molecule has 26 heavy (non-hydrogen) atoms. The number of carboxylic acid groups (broad SMARTS) is 1. The van der Waals surface area contributed by atoms with Crippen molar-refractivity contribution in [3.63, 3.8) is 0 Å². The molecule has 0 aliphatic rings. The highest BCUT2D eigenvalue weighted by atomic mass is 16.4. The van der Waals surface area contributed by atoms with Crippen LogP contribution in [0.5, 0.6) is 5.75 Å². The molecule has 3 rings (SSSR count). The molecule has 1 atom stereocenters. The Morgan fingerprint density at radius 2 is 1.96 bits per heavy atom. The molecular weight excluding hydrogens is 332 g/mol. The van der Waals surface area contributed by atoms with Crippen LogP contribution in [0.15, 0.2) is 60.8 Å². The summed E-state index contributed by atoms with van der Waals surface area (Å²) in [6.45, 7) is 0. The first-order valence-corrected chi connectivity index (χ1v) is 8.08. The quantitative estimate of drug-likeness (QED) is 0.513. The fourth-order valence-corrected chi connectivity index (χ4v) is 2.74. The van der Waals surface area contributed by atoms with E-state index >= 15 is 0 Å². The van der Waals surface area contributed by atoms with Crippen molar-refractivity contribution < 1.29 is 19.8 Å². The van der Waals surface area contributed by atoms with Gasteiger partial charge in [0.05, 0.1) is 0 Å². The molecule has 132 valence electrons. The van der Waals surface area contributed by atoms with Crippen LogP contribution in [0.3, 0.4) is 0 Å². The van der Waals surface area contributed by atoms with Gasteiger partial charge in [0.1, 0.15) is 11.8 Å². The Bertz CT molecular complexity index is 975. The van der Waals surface area contributed by atoms with E-state index < -0.39 is 17.9 Å². The van der Waals surface area contributed by atoms with Crippen LogP contribution >= 0.6 is 0 Å². The molecule has 0 aliphatic heterocycles. The van der Waals surface area contributed by atoms with Crippen LogP contribution in [0.2, 0.25) is 0 Å². The summed E-state index contributed by atoms with van der Waals surface area (Å²) >= 11 is 0. The van der Waals surface area contributed by atoms with Crippen molar-refractivity contribution in [3.05, 3.63) is 71.9 Å². The maximum absolute atomic E-state index is 12.1. The van der Waals surface area contributed by atoms with Crippen LogP contribution in [-0.4, -0.2) is 33.1 Å². The number of phenolic OH excluding ortho intramolecular Hbond substituents is 1. The highest BCUT2D eigenvalue weighted by Gasteiger charge is 2.21. The topological polar surface area (TPSA) is 102 Å². The second kappa shape index (κ2) is 7.57. The number of carbonyl (C=O) groups excluding carboxylic acids is 1. The normalized spacial score (nSPS) is 12.3. The second-order valence-corrected chi connectivity index (χ2v) is 5.89. The van der Waals surface area contributed by atoms with Crippen LogP contribution in [-0.2, 0) is 16.0 Å². The van der Waals surface area contributed by atoms with Gasteiger partial charge in [0.25, 0.3) is 0 Å². The molecule has 0 aliphatic carbocycles. The van der Waals surface area contributed by atoms with E-state index in [2.05, 4.69) is 10.3 Å². The number of hydrogen-bond acceptors (Lipinski definition) is 3. The molecule has 6 heteroatoms. The Kier molecular flexibility index (Phi) is 5.03. The van der Waals surface area contributed by atoms with Crippen molar-refractivity contribution in [2.24, 2.45) is 0 Å². The summed E-state index contributed by atoms with van der Waals surface area (Å²) in [5, 5.41) is 22.3. The van der Waals surface area contributed by atoms with Gasteiger partial charge in [-0.15, -0.1) is 0 Å². The monoisotopic (exact) mass is 350 g/mol. The number of H-pyrrole nitrogens is 1. The molecule has 2 aromatic carbocycles. The number of carbonyl (C=O) groups is 2. The minimum atomic E-state index is -1.10. The minimum Gasteiger partial charge on any atom is -0.508 e. The van der Waals surface area contributed by atoms with Gasteiger partial charge in [-0.2, -0.15) is 0 Å². The summed E-state index contributed by atoms with van der Waals surface area (Å²) in [5.74, 6) is -1.52. The Hall–Kier alpha value is -3.54. The number of aromatic amines is 1. The number of aliphatic carboxylic acids is 1. The van der Waals surface area contributed by atoms with Gasteiger partial charge < -0.3 is 20.5 Å². The number of aromatic hydroxyl groups is 1. The molecule has 3 aromatic rings. The zero-order valence-electron chi connectivity index (χ0n) is 13.8. The molecule has 1 amide bonds. The van der Waals surface area contributed by atoms with Crippen LogP contribution in [0, 0.1) is 0 Å². The van der Waals surface area contributed by atoms with Crippen molar-refractivity contribution in [3.8, 4) is 5.75 Å². The summed E-state index contributed by atoms with van der Waals surface area (Å²) < 4.78 is 0. The summed E-state index contributed by atoms with van der Waals surface area (Å²) in [5.41, 5.74) is 2.38. The second-order valence-electron chi connectivity index (χ2n) is 5.89. The number of phenols is 1. The number of hydrogen-bond donors (Lipinski definition) is 4. The number of benzene rings is 2. The van der Waals surface area contributed by atoms with Crippen LogP contribution < -0.4 is 5.32 Å². The van der Waals surface area contributed by atoms with Gasteiger partial charge in [-0.1, -0.05) is 30.3 Å². The third-order valence-corrected chi connectivity index (χ3v) is 4.01. The molecule has 0 unspecified atom stereocenters. The number of aromatic nitrogens is 1. The van der Waals surface area contributed by atoms with Crippen LogP contribution in [0.4, 0.5) is 0 Å². The fraction of sp³-hybridized carbons (Fsp3) is 0.100. The largest absolute Gasteiger partial charge is 0.508 e. The van der Waals surface area contributed by atoms with E-state index in [0.717, 1.165) is 16.5 Å². The lowest BCUT2D eigenvalue weighted by Gasteiger charge is -2.12. The predicted octanol–water partition coefficient (Wildman–Crippen LogP) is 2.70. The number of rotatable bonds is 6. The van der Waals surface area contributed by atoms with Gasteiger partial charge in [-0.25, -0.2) is 4.79 Å². The van der Waals surface area contributed by atoms with Gasteiger partial charge in [0, 0.05) is 29.6 Å². The summed E-state index contributed by atoms with van der Waals surface area (Å²) in [6.07, 6.45) is 4.69. The van der Waals surface area contributed by atoms with Crippen molar-refractivity contribution in [1.82, 2.24) is 10.3 Å². The van der Waals surface area contributed by atoms with Gasteiger partial charge in [0.15, 0.2) is 0 Å². The number of para-hydroxylation sites is 1. The first kappa shape index (κ1) is 17.3. The number of carboxylic acids is 1. The Labute approximate surface area is 149 Å². The lowest BCUT2D eigenvalue weighted by Crippen LogP contribution is -2.41. The summed E-state index contributed by atoms with van der Waals surface area (Å²) in [4.78, 5) is 26.7. The third kappa shape index (κ3) is 4.10. The molecule has 1 aromatic heterocycles. The molecule has 0 radical (unpaired) electrons. The zero-order chi connectivity index (χ0) is 18.5. The lowest BCUT2D eigenvalue weighted by atomic mass is 10.0. The van der Waals surface area contributed by atoms with E-state index in [9.17, 15) is 19.8 Å². The van der Waals surface area contributed by atoms with Crippen molar-refractivity contribution in [2.45, 2.75) is 12.5 Å². The van der Waals surface area contributed by atoms with Crippen molar-refractivity contribution in [2.75, 3.05) is 0 Å². The number of fused-ring (bicyclic) bond motifs is 1. The minimum absolute atomic E-state index is 0.0929.